The van der Waals surface area contributed by atoms with Crippen LogP contribution in [-0.4, -0.2) is 34.7 Å². The summed E-state index contributed by atoms with van der Waals surface area (Å²) in [5.74, 6) is -1.63. The standard InChI is InChI=1S/C18H19F2N3O2/c1-10(23-18(25)16-6-13(24)7-22-16)11-2-4-12(5-3-11)17-14(19)8-21-9-15(17)20/h2-5,8-10,13,16,22,24H,6-7H2,1H3,(H,23,25)/t10-,13?,16?/m0/s1. The first-order valence-electron chi connectivity index (χ1n) is 8.07. The molecule has 3 atom stereocenters. The lowest BCUT2D eigenvalue weighted by molar-refractivity contribution is -0.123. The number of β-amino-alcohol motifs (C(OH)–C–C–N with tert-alkyl or cyclic N) is 1. The van der Waals surface area contributed by atoms with Gasteiger partial charge < -0.3 is 15.7 Å². The molecule has 0 aliphatic carbocycles. The van der Waals surface area contributed by atoms with Gasteiger partial charge in [-0.05, 0) is 24.5 Å². The van der Waals surface area contributed by atoms with Gasteiger partial charge in [-0.25, -0.2) is 8.78 Å². The Morgan fingerprint density at radius 3 is 2.48 bits per heavy atom. The van der Waals surface area contributed by atoms with Crippen LogP contribution in [0.25, 0.3) is 11.1 Å². The van der Waals surface area contributed by atoms with E-state index >= 15 is 0 Å². The van der Waals surface area contributed by atoms with Crippen LogP contribution in [-0.2, 0) is 4.79 Å². The summed E-state index contributed by atoms with van der Waals surface area (Å²) >= 11 is 0. The van der Waals surface area contributed by atoms with Gasteiger partial charge in [0.2, 0.25) is 5.91 Å². The molecule has 1 amide bonds. The molecule has 1 fully saturated rings. The predicted molar refractivity (Wildman–Crippen MR) is 88.6 cm³/mol. The zero-order valence-electron chi connectivity index (χ0n) is 13.7. The number of hydrogen-bond donors (Lipinski definition) is 3. The lowest BCUT2D eigenvalue weighted by Crippen LogP contribution is -2.41. The van der Waals surface area contributed by atoms with Crippen molar-refractivity contribution in [2.24, 2.45) is 0 Å². The molecule has 2 aromatic rings. The van der Waals surface area contributed by atoms with E-state index in [0.29, 0.717) is 18.5 Å². The van der Waals surface area contributed by atoms with Crippen LogP contribution >= 0.6 is 0 Å². The van der Waals surface area contributed by atoms with Crippen molar-refractivity contribution in [3.05, 3.63) is 53.9 Å². The summed E-state index contributed by atoms with van der Waals surface area (Å²) in [6.45, 7) is 2.23. The number of aliphatic hydroxyl groups excluding tert-OH is 1. The lowest BCUT2D eigenvalue weighted by atomic mass is 10.0. The molecule has 1 saturated heterocycles. The Balaban J connectivity index is 1.70. The first-order chi connectivity index (χ1) is 12.0. The second kappa shape index (κ2) is 7.25. The summed E-state index contributed by atoms with van der Waals surface area (Å²) in [5, 5.41) is 15.3. The van der Waals surface area contributed by atoms with E-state index in [0.717, 1.165) is 18.0 Å². The number of rotatable bonds is 4. The number of aliphatic hydroxyl groups is 1. The number of benzene rings is 1. The highest BCUT2D eigenvalue weighted by molar-refractivity contribution is 5.82. The van der Waals surface area contributed by atoms with Crippen LogP contribution in [0.1, 0.15) is 24.9 Å². The number of carbonyl (C=O) groups excluding carboxylic acids is 1. The number of hydrogen-bond acceptors (Lipinski definition) is 4. The maximum atomic E-state index is 13.8. The molecule has 0 saturated carbocycles. The van der Waals surface area contributed by atoms with E-state index in [1.165, 1.54) is 0 Å². The Morgan fingerprint density at radius 1 is 1.28 bits per heavy atom. The molecule has 1 aromatic carbocycles. The number of carbonyl (C=O) groups is 1. The first kappa shape index (κ1) is 17.4. The molecule has 0 spiro atoms. The fourth-order valence-corrected chi connectivity index (χ4v) is 2.94. The third-order valence-electron chi connectivity index (χ3n) is 4.34. The molecule has 2 heterocycles. The van der Waals surface area contributed by atoms with Crippen molar-refractivity contribution in [2.75, 3.05) is 6.54 Å². The summed E-state index contributed by atoms with van der Waals surface area (Å²) in [6.07, 6.45) is 1.82. The number of pyridine rings is 1. The van der Waals surface area contributed by atoms with Gasteiger partial charge in [0.15, 0.2) is 11.6 Å². The highest BCUT2D eigenvalue weighted by atomic mass is 19.1. The van der Waals surface area contributed by atoms with Crippen LogP contribution in [0.15, 0.2) is 36.7 Å². The van der Waals surface area contributed by atoms with Gasteiger partial charge in [-0.2, -0.15) is 0 Å². The van der Waals surface area contributed by atoms with Crippen LogP contribution in [0.5, 0.6) is 0 Å². The van der Waals surface area contributed by atoms with Crippen molar-refractivity contribution in [1.82, 2.24) is 15.6 Å². The maximum Gasteiger partial charge on any atom is 0.237 e. The Kier molecular flexibility index (Phi) is 5.06. The average Bonchev–Trinajstić information content (AvgIpc) is 3.02. The quantitative estimate of drug-likeness (QED) is 0.790. The number of amides is 1. The van der Waals surface area contributed by atoms with Crippen molar-refractivity contribution in [3.8, 4) is 11.1 Å². The maximum absolute atomic E-state index is 13.8. The van der Waals surface area contributed by atoms with Crippen LogP contribution < -0.4 is 10.6 Å². The van der Waals surface area contributed by atoms with E-state index in [1.807, 2.05) is 6.92 Å². The third-order valence-corrected chi connectivity index (χ3v) is 4.34. The minimum atomic E-state index is -0.722. The molecule has 1 aliphatic rings. The monoisotopic (exact) mass is 347 g/mol. The van der Waals surface area contributed by atoms with Gasteiger partial charge in [-0.1, -0.05) is 24.3 Å². The normalized spacial score (nSPS) is 21.1. The second-order valence-corrected chi connectivity index (χ2v) is 6.18. The molecular formula is C18H19F2N3O2. The first-order valence-corrected chi connectivity index (χ1v) is 8.07. The van der Waals surface area contributed by atoms with Crippen LogP contribution in [0, 0.1) is 11.6 Å². The van der Waals surface area contributed by atoms with E-state index in [4.69, 9.17) is 0 Å². The molecule has 3 rings (SSSR count). The lowest BCUT2D eigenvalue weighted by Gasteiger charge is -2.18. The van der Waals surface area contributed by atoms with Crippen molar-refractivity contribution in [3.63, 3.8) is 0 Å². The molecule has 5 nitrogen and oxygen atoms in total. The Morgan fingerprint density at radius 2 is 1.92 bits per heavy atom. The Labute approximate surface area is 144 Å². The zero-order chi connectivity index (χ0) is 18.0. The third kappa shape index (κ3) is 3.83. The summed E-state index contributed by atoms with van der Waals surface area (Å²) in [6, 6.07) is 5.98. The van der Waals surface area contributed by atoms with Crippen molar-refractivity contribution < 1.29 is 18.7 Å². The zero-order valence-corrected chi connectivity index (χ0v) is 13.7. The van der Waals surface area contributed by atoms with E-state index in [2.05, 4.69) is 15.6 Å². The molecular weight excluding hydrogens is 328 g/mol. The molecule has 132 valence electrons. The van der Waals surface area contributed by atoms with E-state index in [-0.39, 0.29) is 17.5 Å². The molecule has 7 heteroatoms. The highest BCUT2D eigenvalue weighted by Crippen LogP contribution is 2.26. The number of aromatic nitrogens is 1. The summed E-state index contributed by atoms with van der Waals surface area (Å²) in [5.41, 5.74) is 1.09. The number of nitrogens with one attached hydrogen (secondary N) is 2. The SMILES string of the molecule is C[C@H](NC(=O)C1CC(O)CN1)c1ccc(-c2c(F)cncc2F)cc1. The van der Waals surface area contributed by atoms with Gasteiger partial charge in [-0.15, -0.1) is 0 Å². The number of nitrogens with zero attached hydrogens (tertiary/aromatic N) is 1. The molecule has 0 bridgehead atoms. The van der Waals surface area contributed by atoms with Gasteiger partial charge in [0.1, 0.15) is 0 Å². The van der Waals surface area contributed by atoms with Gasteiger partial charge in [0.05, 0.1) is 36.1 Å². The summed E-state index contributed by atoms with van der Waals surface area (Å²) < 4.78 is 27.6. The molecule has 1 aliphatic heterocycles. The Hall–Kier alpha value is -2.38. The molecule has 2 unspecified atom stereocenters. The largest absolute Gasteiger partial charge is 0.392 e. The fraction of sp³-hybridized carbons (Fsp3) is 0.333. The van der Waals surface area contributed by atoms with E-state index in [1.54, 1.807) is 24.3 Å². The summed E-state index contributed by atoms with van der Waals surface area (Å²) in [7, 11) is 0. The van der Waals surface area contributed by atoms with Crippen molar-refractivity contribution in [1.29, 1.82) is 0 Å². The number of halogens is 2. The van der Waals surface area contributed by atoms with Crippen LogP contribution in [0.3, 0.4) is 0 Å². The van der Waals surface area contributed by atoms with Crippen molar-refractivity contribution in [2.45, 2.75) is 31.5 Å². The van der Waals surface area contributed by atoms with Crippen LogP contribution in [0.2, 0.25) is 0 Å². The fourth-order valence-electron chi connectivity index (χ4n) is 2.94. The average molecular weight is 347 g/mol. The highest BCUT2D eigenvalue weighted by Gasteiger charge is 2.28. The smallest absolute Gasteiger partial charge is 0.237 e. The van der Waals surface area contributed by atoms with Crippen LogP contribution in [0.4, 0.5) is 8.78 Å². The molecule has 1 aromatic heterocycles. The van der Waals surface area contributed by atoms with Gasteiger partial charge in [-0.3, -0.25) is 9.78 Å². The van der Waals surface area contributed by atoms with Gasteiger partial charge in [0, 0.05) is 6.54 Å². The molecule has 25 heavy (non-hydrogen) atoms. The van der Waals surface area contributed by atoms with Crippen molar-refractivity contribution >= 4 is 5.91 Å². The van der Waals surface area contributed by atoms with E-state index < -0.39 is 23.8 Å². The topological polar surface area (TPSA) is 74.2 Å². The van der Waals surface area contributed by atoms with Gasteiger partial charge in [0.25, 0.3) is 0 Å². The molecule has 0 radical (unpaired) electrons. The molecule has 3 N–H and O–H groups in total. The van der Waals surface area contributed by atoms with Gasteiger partial charge >= 0.3 is 0 Å². The minimum absolute atomic E-state index is 0.123. The predicted octanol–water partition coefficient (Wildman–Crippen LogP) is 1.93. The van der Waals surface area contributed by atoms with E-state index in [9.17, 15) is 18.7 Å². The second-order valence-electron chi connectivity index (χ2n) is 6.18. The minimum Gasteiger partial charge on any atom is -0.392 e. The summed E-state index contributed by atoms with van der Waals surface area (Å²) in [4.78, 5) is 15.6. The Bertz CT molecular complexity index is 747.